The first kappa shape index (κ1) is 16.9. The van der Waals surface area contributed by atoms with Gasteiger partial charge in [0.05, 0.1) is 11.6 Å². The number of carbonyl (C=O) groups is 1. The number of carbonyl (C=O) groups excluding carboxylic acids is 1. The third kappa shape index (κ3) is 4.12. The Hall–Kier alpha value is -2.96. The standard InChI is InChI=1S/C18H19FN4O2/c1-11-15(23-18(20)25-11)9-6-12-4-7-13(8-5-12)22-17(24)14-3-2-10-21-16(14)19/h2-5,7-8,10-11,15H,6,9H2,1H3,(H2,20,23)(H,22,24). The number of amidine groups is 1. The second-order valence-corrected chi connectivity index (χ2v) is 5.89. The highest BCUT2D eigenvalue weighted by atomic mass is 19.1. The van der Waals surface area contributed by atoms with Gasteiger partial charge in [0.15, 0.2) is 0 Å². The minimum Gasteiger partial charge on any atom is -0.460 e. The quantitative estimate of drug-likeness (QED) is 0.817. The van der Waals surface area contributed by atoms with E-state index in [-0.39, 0.29) is 23.7 Å². The zero-order valence-electron chi connectivity index (χ0n) is 13.8. The fourth-order valence-corrected chi connectivity index (χ4v) is 2.69. The number of amides is 1. The van der Waals surface area contributed by atoms with E-state index in [9.17, 15) is 9.18 Å². The maximum Gasteiger partial charge on any atom is 0.282 e. The van der Waals surface area contributed by atoms with Gasteiger partial charge in [-0.2, -0.15) is 4.39 Å². The second kappa shape index (κ2) is 7.29. The Bertz CT molecular complexity index is 792. The molecule has 0 fully saturated rings. The number of anilines is 1. The number of hydrogen-bond donors (Lipinski definition) is 2. The van der Waals surface area contributed by atoms with E-state index in [1.54, 1.807) is 12.1 Å². The first-order valence-electron chi connectivity index (χ1n) is 8.03. The van der Waals surface area contributed by atoms with Crippen LogP contribution in [0.2, 0.25) is 0 Å². The molecule has 6 nitrogen and oxygen atoms in total. The fraction of sp³-hybridized carbons (Fsp3) is 0.278. The van der Waals surface area contributed by atoms with Crippen LogP contribution in [0.1, 0.15) is 29.3 Å². The summed E-state index contributed by atoms with van der Waals surface area (Å²) in [4.78, 5) is 19.8. The molecular formula is C18H19FN4O2. The molecule has 0 saturated carbocycles. The highest BCUT2D eigenvalue weighted by Gasteiger charge is 2.25. The minimum absolute atomic E-state index is 0.00654. The average Bonchev–Trinajstić information content (AvgIpc) is 2.92. The van der Waals surface area contributed by atoms with Crippen LogP contribution in [-0.2, 0) is 11.2 Å². The molecule has 3 rings (SSSR count). The first-order chi connectivity index (χ1) is 12.0. The number of benzene rings is 1. The van der Waals surface area contributed by atoms with Crippen molar-refractivity contribution in [3.63, 3.8) is 0 Å². The number of aromatic nitrogens is 1. The van der Waals surface area contributed by atoms with Crippen LogP contribution >= 0.6 is 0 Å². The van der Waals surface area contributed by atoms with E-state index in [1.807, 2.05) is 19.1 Å². The van der Waals surface area contributed by atoms with E-state index in [2.05, 4.69) is 15.3 Å². The Morgan fingerprint density at radius 2 is 2.08 bits per heavy atom. The molecule has 0 bridgehead atoms. The molecule has 2 unspecified atom stereocenters. The van der Waals surface area contributed by atoms with Crippen LogP contribution in [-0.4, -0.2) is 29.1 Å². The van der Waals surface area contributed by atoms with Crippen molar-refractivity contribution < 1.29 is 13.9 Å². The van der Waals surface area contributed by atoms with Gasteiger partial charge < -0.3 is 15.8 Å². The number of hydrogen-bond acceptors (Lipinski definition) is 5. The molecular weight excluding hydrogens is 323 g/mol. The second-order valence-electron chi connectivity index (χ2n) is 5.89. The molecule has 0 radical (unpaired) electrons. The lowest BCUT2D eigenvalue weighted by atomic mass is 10.0. The van der Waals surface area contributed by atoms with Gasteiger partial charge in [-0.15, -0.1) is 0 Å². The summed E-state index contributed by atoms with van der Waals surface area (Å²) in [6.45, 7) is 1.95. The molecule has 2 aromatic rings. The van der Waals surface area contributed by atoms with E-state index in [0.29, 0.717) is 5.69 Å². The van der Waals surface area contributed by atoms with Gasteiger partial charge >= 0.3 is 0 Å². The average molecular weight is 342 g/mol. The zero-order chi connectivity index (χ0) is 17.8. The van der Waals surface area contributed by atoms with Crippen LogP contribution in [0.5, 0.6) is 0 Å². The van der Waals surface area contributed by atoms with Crippen LogP contribution in [0.3, 0.4) is 0 Å². The van der Waals surface area contributed by atoms with E-state index < -0.39 is 11.9 Å². The number of nitrogens with two attached hydrogens (primary N) is 1. The fourth-order valence-electron chi connectivity index (χ4n) is 2.69. The van der Waals surface area contributed by atoms with E-state index in [1.165, 1.54) is 18.3 Å². The van der Waals surface area contributed by atoms with Crippen molar-refractivity contribution in [1.82, 2.24) is 4.98 Å². The van der Waals surface area contributed by atoms with Crippen molar-refractivity contribution in [2.75, 3.05) is 5.32 Å². The molecule has 130 valence electrons. The Labute approximate surface area is 144 Å². The molecule has 0 aliphatic carbocycles. The van der Waals surface area contributed by atoms with E-state index >= 15 is 0 Å². The molecule has 2 heterocycles. The zero-order valence-corrected chi connectivity index (χ0v) is 13.8. The number of pyridine rings is 1. The molecule has 1 amide bonds. The normalized spacial score (nSPS) is 19.2. The lowest BCUT2D eigenvalue weighted by molar-refractivity contribution is 0.102. The van der Waals surface area contributed by atoms with E-state index in [4.69, 9.17) is 10.5 Å². The smallest absolute Gasteiger partial charge is 0.282 e. The van der Waals surface area contributed by atoms with Crippen molar-refractivity contribution in [2.24, 2.45) is 10.7 Å². The lowest BCUT2D eigenvalue weighted by Gasteiger charge is -2.12. The van der Waals surface area contributed by atoms with Crippen LogP contribution < -0.4 is 11.1 Å². The summed E-state index contributed by atoms with van der Waals surface area (Å²) in [6, 6.07) is 10.6. The van der Waals surface area contributed by atoms with Crippen molar-refractivity contribution in [3.8, 4) is 0 Å². The lowest BCUT2D eigenvalue weighted by Crippen LogP contribution is -2.20. The minimum atomic E-state index is -0.788. The molecule has 7 heteroatoms. The molecule has 1 aromatic carbocycles. The largest absolute Gasteiger partial charge is 0.460 e. The number of nitrogens with one attached hydrogen (secondary N) is 1. The third-order valence-corrected chi connectivity index (χ3v) is 4.09. The maximum absolute atomic E-state index is 13.5. The Kier molecular flexibility index (Phi) is 4.92. The summed E-state index contributed by atoms with van der Waals surface area (Å²) in [6.07, 6.45) is 2.94. The first-order valence-corrected chi connectivity index (χ1v) is 8.03. The van der Waals surface area contributed by atoms with Crippen molar-refractivity contribution in [2.45, 2.75) is 31.9 Å². The van der Waals surface area contributed by atoms with Crippen molar-refractivity contribution in [1.29, 1.82) is 0 Å². The number of rotatable bonds is 5. The number of halogens is 1. The third-order valence-electron chi connectivity index (χ3n) is 4.09. The molecule has 1 aliphatic heterocycles. The summed E-state index contributed by atoms with van der Waals surface area (Å²) in [5.41, 5.74) is 7.18. The van der Waals surface area contributed by atoms with Crippen LogP contribution in [0.4, 0.5) is 10.1 Å². The molecule has 1 aromatic heterocycles. The van der Waals surface area contributed by atoms with Gasteiger partial charge in [-0.3, -0.25) is 4.79 Å². The highest BCUT2D eigenvalue weighted by molar-refractivity contribution is 6.04. The number of nitrogens with zero attached hydrogens (tertiary/aromatic N) is 2. The van der Waals surface area contributed by atoms with Gasteiger partial charge in [-0.25, -0.2) is 9.98 Å². The topological polar surface area (TPSA) is 89.6 Å². The SMILES string of the molecule is CC1OC(N)=NC1CCc1ccc(NC(=O)c2cccnc2F)cc1. The summed E-state index contributed by atoms with van der Waals surface area (Å²) in [5, 5.41) is 2.66. The van der Waals surface area contributed by atoms with Gasteiger partial charge in [-0.1, -0.05) is 12.1 Å². The van der Waals surface area contributed by atoms with E-state index in [0.717, 1.165) is 18.4 Å². The Morgan fingerprint density at radius 3 is 2.72 bits per heavy atom. The van der Waals surface area contributed by atoms with Gasteiger partial charge in [0.2, 0.25) is 5.95 Å². The molecule has 2 atom stereocenters. The van der Waals surface area contributed by atoms with Gasteiger partial charge in [0, 0.05) is 11.9 Å². The van der Waals surface area contributed by atoms with Crippen molar-refractivity contribution >= 4 is 17.6 Å². The highest BCUT2D eigenvalue weighted by Crippen LogP contribution is 2.19. The molecule has 3 N–H and O–H groups in total. The number of aliphatic imine (C=N–C) groups is 1. The Morgan fingerprint density at radius 1 is 1.32 bits per heavy atom. The van der Waals surface area contributed by atoms with Crippen LogP contribution in [0.15, 0.2) is 47.6 Å². The Balaban J connectivity index is 1.57. The molecule has 25 heavy (non-hydrogen) atoms. The number of ether oxygens (including phenoxy) is 1. The van der Waals surface area contributed by atoms with Gasteiger partial charge in [-0.05, 0) is 49.6 Å². The summed E-state index contributed by atoms with van der Waals surface area (Å²) in [5.74, 6) is -1.32. The predicted octanol–water partition coefficient (Wildman–Crippen LogP) is 2.51. The molecule has 0 spiro atoms. The van der Waals surface area contributed by atoms with Crippen LogP contribution in [0, 0.1) is 5.95 Å². The molecule has 0 saturated heterocycles. The van der Waals surface area contributed by atoms with Crippen LogP contribution in [0.25, 0.3) is 0 Å². The molecule has 1 aliphatic rings. The summed E-state index contributed by atoms with van der Waals surface area (Å²) >= 11 is 0. The van der Waals surface area contributed by atoms with Gasteiger partial charge in [0.25, 0.3) is 11.9 Å². The summed E-state index contributed by atoms with van der Waals surface area (Å²) < 4.78 is 18.8. The van der Waals surface area contributed by atoms with Crippen molar-refractivity contribution in [3.05, 3.63) is 59.7 Å². The van der Waals surface area contributed by atoms with Gasteiger partial charge in [0.1, 0.15) is 6.10 Å². The summed E-state index contributed by atoms with van der Waals surface area (Å²) in [7, 11) is 0. The number of aryl methyl sites for hydroxylation is 1. The maximum atomic E-state index is 13.5. The monoisotopic (exact) mass is 342 g/mol. The predicted molar refractivity (Wildman–Crippen MR) is 92.9 cm³/mol.